The van der Waals surface area contributed by atoms with Crippen molar-refractivity contribution in [1.82, 2.24) is 9.71 Å². The number of nitrogens with one attached hydrogen (secondary N) is 2. The number of hydrogen-bond donors (Lipinski definition) is 2. The molecule has 0 saturated carbocycles. The van der Waals surface area contributed by atoms with Crippen LogP contribution in [-0.2, 0) is 10.0 Å². The maximum atomic E-state index is 12.0. The molecule has 5 nitrogen and oxygen atoms in total. The number of aryl methyl sites for hydroxylation is 1. The summed E-state index contributed by atoms with van der Waals surface area (Å²) in [6.07, 6.45) is 2.81. The van der Waals surface area contributed by atoms with Crippen molar-refractivity contribution >= 4 is 21.4 Å². The second kappa shape index (κ2) is 5.79. The molecule has 1 rings (SSSR count). The Bertz CT molecular complexity index is 516. The lowest BCUT2D eigenvalue weighted by atomic mass is 10.2. The van der Waals surface area contributed by atoms with Gasteiger partial charge < -0.3 is 4.98 Å². The van der Waals surface area contributed by atoms with Gasteiger partial charge in [-0.2, -0.15) is 0 Å². The van der Waals surface area contributed by atoms with Crippen LogP contribution in [0.4, 0.5) is 0 Å². The molecule has 0 aromatic carbocycles. The monoisotopic (exact) mass is 278 g/mol. The summed E-state index contributed by atoms with van der Waals surface area (Å²) in [6.45, 7) is 5.48. The first-order valence-electron chi connectivity index (χ1n) is 5.59. The van der Waals surface area contributed by atoms with E-state index >= 15 is 0 Å². The van der Waals surface area contributed by atoms with Gasteiger partial charge in [0.05, 0.1) is 0 Å². The second-order valence-electron chi connectivity index (χ2n) is 4.09. The van der Waals surface area contributed by atoms with Crippen LogP contribution in [0.25, 0.3) is 0 Å². The molecule has 2 N–H and O–H groups in total. The highest BCUT2D eigenvalue weighted by Gasteiger charge is 2.22. The van der Waals surface area contributed by atoms with Gasteiger partial charge in [0.25, 0.3) is 10.0 Å². The van der Waals surface area contributed by atoms with Crippen molar-refractivity contribution in [3.8, 4) is 0 Å². The van der Waals surface area contributed by atoms with Crippen LogP contribution < -0.4 is 9.60 Å². The predicted molar refractivity (Wildman–Crippen MR) is 69.0 cm³/mol. The van der Waals surface area contributed by atoms with Crippen LogP contribution in [-0.4, -0.2) is 19.4 Å². The summed E-state index contributed by atoms with van der Waals surface area (Å²) in [5.41, 5.74) is 0.398. The van der Waals surface area contributed by atoms with Gasteiger partial charge >= 0.3 is 4.87 Å². The van der Waals surface area contributed by atoms with E-state index < -0.39 is 10.0 Å². The molecule has 1 heterocycles. The van der Waals surface area contributed by atoms with Gasteiger partial charge in [0, 0.05) is 11.7 Å². The van der Waals surface area contributed by atoms with Gasteiger partial charge in [-0.25, -0.2) is 13.1 Å². The van der Waals surface area contributed by atoms with Gasteiger partial charge in [0.2, 0.25) is 0 Å². The van der Waals surface area contributed by atoms with E-state index in [1.165, 1.54) is 0 Å². The van der Waals surface area contributed by atoms with Gasteiger partial charge in [-0.3, -0.25) is 4.79 Å². The van der Waals surface area contributed by atoms with Crippen LogP contribution in [0.3, 0.4) is 0 Å². The minimum Gasteiger partial charge on any atom is -0.315 e. The predicted octanol–water partition coefficient (Wildman–Crippen LogP) is 1.60. The Morgan fingerprint density at radius 2 is 2.12 bits per heavy atom. The van der Waals surface area contributed by atoms with Gasteiger partial charge in [-0.15, -0.1) is 0 Å². The molecular formula is C10H18N2O3S2. The van der Waals surface area contributed by atoms with Crippen molar-refractivity contribution in [2.75, 3.05) is 0 Å². The first-order chi connectivity index (χ1) is 7.86. The molecule has 1 aromatic heterocycles. The zero-order valence-electron chi connectivity index (χ0n) is 10.2. The molecule has 98 valence electrons. The van der Waals surface area contributed by atoms with E-state index in [0.717, 1.165) is 30.6 Å². The largest absolute Gasteiger partial charge is 0.315 e. The minimum absolute atomic E-state index is 0.0887. The molecule has 0 fully saturated rings. The van der Waals surface area contributed by atoms with E-state index in [1.54, 1.807) is 6.92 Å². The third kappa shape index (κ3) is 3.93. The Balaban J connectivity index is 2.82. The number of aromatic nitrogens is 1. The average Bonchev–Trinajstić information content (AvgIpc) is 2.55. The summed E-state index contributed by atoms with van der Waals surface area (Å²) in [6, 6.07) is -0.114. The van der Waals surface area contributed by atoms with Crippen molar-refractivity contribution in [2.24, 2.45) is 0 Å². The summed E-state index contributed by atoms with van der Waals surface area (Å²) in [7, 11) is -3.56. The van der Waals surface area contributed by atoms with Crippen LogP contribution in [0.1, 0.15) is 38.8 Å². The third-order valence-electron chi connectivity index (χ3n) is 2.37. The van der Waals surface area contributed by atoms with Crippen LogP contribution in [0.2, 0.25) is 0 Å². The lowest BCUT2D eigenvalue weighted by Gasteiger charge is -2.12. The molecule has 0 bridgehead atoms. The Morgan fingerprint density at radius 3 is 2.59 bits per heavy atom. The van der Waals surface area contributed by atoms with E-state index in [2.05, 4.69) is 16.6 Å². The Morgan fingerprint density at radius 1 is 1.47 bits per heavy atom. The molecule has 1 unspecified atom stereocenters. The molecular weight excluding hydrogens is 260 g/mol. The summed E-state index contributed by atoms with van der Waals surface area (Å²) < 4.78 is 26.6. The first-order valence-corrected chi connectivity index (χ1v) is 7.88. The molecule has 0 aliphatic carbocycles. The van der Waals surface area contributed by atoms with Crippen molar-refractivity contribution in [3.63, 3.8) is 0 Å². The summed E-state index contributed by atoms with van der Waals surface area (Å²) in [5.74, 6) is 0. The highest BCUT2D eigenvalue weighted by atomic mass is 32.2. The fourth-order valence-corrected chi connectivity index (χ4v) is 4.13. The number of sulfonamides is 1. The molecule has 7 heteroatoms. The molecule has 0 saturated heterocycles. The molecule has 0 amide bonds. The van der Waals surface area contributed by atoms with Gasteiger partial charge in [0.15, 0.2) is 4.21 Å². The minimum atomic E-state index is -3.56. The van der Waals surface area contributed by atoms with E-state index in [1.807, 2.05) is 6.92 Å². The Kier molecular flexibility index (Phi) is 4.91. The average molecular weight is 278 g/mol. The Hall–Kier alpha value is -0.660. The van der Waals surface area contributed by atoms with Gasteiger partial charge in [0.1, 0.15) is 0 Å². The zero-order valence-corrected chi connectivity index (χ0v) is 11.9. The summed E-state index contributed by atoms with van der Waals surface area (Å²) >= 11 is 0.726. The lowest BCUT2D eigenvalue weighted by Crippen LogP contribution is -2.32. The van der Waals surface area contributed by atoms with Crippen LogP contribution in [0, 0.1) is 6.92 Å². The SMILES string of the molecule is CCCCC(C)NS(=O)(=O)c1sc(=O)[nH]c1C. The van der Waals surface area contributed by atoms with E-state index in [-0.39, 0.29) is 15.1 Å². The molecule has 0 radical (unpaired) electrons. The summed E-state index contributed by atoms with van der Waals surface area (Å²) in [5, 5.41) is 0. The van der Waals surface area contributed by atoms with Crippen LogP contribution in [0.5, 0.6) is 0 Å². The Labute approximate surface area is 105 Å². The fourth-order valence-electron chi connectivity index (χ4n) is 1.53. The van der Waals surface area contributed by atoms with Crippen molar-refractivity contribution < 1.29 is 8.42 Å². The number of aromatic amines is 1. The highest BCUT2D eigenvalue weighted by molar-refractivity contribution is 7.91. The first kappa shape index (κ1) is 14.4. The lowest BCUT2D eigenvalue weighted by molar-refractivity contribution is 0.535. The highest BCUT2D eigenvalue weighted by Crippen LogP contribution is 2.16. The smallest absolute Gasteiger partial charge is 0.305 e. The van der Waals surface area contributed by atoms with E-state index in [9.17, 15) is 13.2 Å². The third-order valence-corrected chi connectivity index (χ3v) is 5.57. The van der Waals surface area contributed by atoms with Gasteiger partial charge in [-0.05, 0) is 20.3 Å². The van der Waals surface area contributed by atoms with E-state index in [0.29, 0.717) is 5.69 Å². The fraction of sp³-hybridized carbons (Fsp3) is 0.700. The van der Waals surface area contributed by atoms with Crippen molar-refractivity contribution in [1.29, 1.82) is 0 Å². The normalized spacial score (nSPS) is 13.8. The molecule has 17 heavy (non-hydrogen) atoms. The topological polar surface area (TPSA) is 79.0 Å². The van der Waals surface area contributed by atoms with Crippen molar-refractivity contribution in [3.05, 3.63) is 15.4 Å². The zero-order chi connectivity index (χ0) is 13.1. The number of hydrogen-bond acceptors (Lipinski definition) is 4. The number of rotatable bonds is 6. The maximum absolute atomic E-state index is 12.0. The van der Waals surface area contributed by atoms with E-state index in [4.69, 9.17) is 0 Å². The summed E-state index contributed by atoms with van der Waals surface area (Å²) in [4.78, 5) is 13.2. The molecule has 0 spiro atoms. The van der Waals surface area contributed by atoms with Crippen LogP contribution >= 0.6 is 11.3 Å². The quantitative estimate of drug-likeness (QED) is 0.829. The van der Waals surface area contributed by atoms with Crippen LogP contribution in [0.15, 0.2) is 9.00 Å². The number of unbranched alkanes of at least 4 members (excludes halogenated alkanes) is 1. The second-order valence-corrected chi connectivity index (χ2v) is 6.98. The molecule has 1 atom stereocenters. The maximum Gasteiger partial charge on any atom is 0.305 e. The molecule has 0 aliphatic heterocycles. The number of thiazole rings is 1. The van der Waals surface area contributed by atoms with Gasteiger partial charge in [-0.1, -0.05) is 31.1 Å². The molecule has 1 aromatic rings. The molecule has 0 aliphatic rings. The number of H-pyrrole nitrogens is 1. The van der Waals surface area contributed by atoms with Crippen molar-refractivity contribution in [2.45, 2.75) is 50.3 Å². The standard InChI is InChI=1S/C10H18N2O3S2/c1-4-5-6-7(2)12-17(14,15)9-8(3)11-10(13)16-9/h7,12H,4-6H2,1-3H3,(H,11,13).